The van der Waals surface area contributed by atoms with Gasteiger partial charge in [0.1, 0.15) is 24.2 Å². The van der Waals surface area contributed by atoms with Crippen LogP contribution < -0.4 is 14.4 Å². The molecule has 0 saturated heterocycles. The summed E-state index contributed by atoms with van der Waals surface area (Å²) in [6.45, 7) is 3.00. The minimum atomic E-state index is -0.936. The number of aryl methyl sites for hydroxylation is 1. The summed E-state index contributed by atoms with van der Waals surface area (Å²) in [6, 6.07) is 20.6. The first-order valence-electron chi connectivity index (χ1n) is 11.5. The van der Waals surface area contributed by atoms with Crippen LogP contribution in [0.1, 0.15) is 21.5 Å². The third kappa shape index (κ3) is 4.45. The molecular formula is C28H26N2O5. The fourth-order valence-corrected chi connectivity index (χ4v) is 4.57. The number of carbonyl (C=O) groups is 2. The Hall–Kier alpha value is -4.26. The maximum absolute atomic E-state index is 13.3. The molecule has 1 N–H and O–H groups in total. The van der Waals surface area contributed by atoms with Gasteiger partial charge in [-0.05, 0) is 54.4 Å². The van der Waals surface area contributed by atoms with E-state index in [9.17, 15) is 14.7 Å². The van der Waals surface area contributed by atoms with Gasteiger partial charge in [-0.25, -0.2) is 0 Å². The van der Waals surface area contributed by atoms with Gasteiger partial charge in [0.05, 0.1) is 24.2 Å². The van der Waals surface area contributed by atoms with Crippen LogP contribution in [-0.4, -0.2) is 47.9 Å². The first-order chi connectivity index (χ1) is 16.9. The number of aromatic nitrogens is 1. The quantitative estimate of drug-likeness (QED) is 0.446. The number of para-hydroxylation sites is 3. The second-order valence-electron chi connectivity index (χ2n) is 8.80. The Labute approximate surface area is 203 Å². The number of anilines is 1. The minimum Gasteiger partial charge on any atom is -0.489 e. The molecule has 0 amide bonds. The van der Waals surface area contributed by atoms with E-state index in [1.807, 2.05) is 62.5 Å². The molecule has 0 radical (unpaired) electrons. The molecule has 5 rings (SSSR count). The van der Waals surface area contributed by atoms with Crippen LogP contribution in [0.15, 0.2) is 72.9 Å². The zero-order chi connectivity index (χ0) is 24.5. The van der Waals surface area contributed by atoms with Gasteiger partial charge in [0, 0.05) is 24.2 Å². The second kappa shape index (κ2) is 9.18. The van der Waals surface area contributed by atoms with Crippen molar-refractivity contribution in [3.8, 4) is 11.5 Å². The van der Waals surface area contributed by atoms with Crippen molar-refractivity contribution in [2.75, 3.05) is 25.1 Å². The number of aliphatic carboxylic acids is 1. The second-order valence-corrected chi connectivity index (χ2v) is 8.80. The smallest absolute Gasteiger partial charge is 0.307 e. The average Bonchev–Trinajstić information content (AvgIpc) is 3.20. The SMILES string of the molecule is Cc1cc(C(=O)n2cc(CC(=O)O)c3ccccc32)ccc1OC[C@@H]1CN(C)c2ccccc2O1. The standard InChI is InChI=1S/C28H26N2O5/c1-18-13-19(28(33)30-15-20(14-27(31)32)22-7-3-4-8-23(22)30)11-12-25(18)34-17-21-16-29(2)24-9-5-6-10-26(24)35-21/h3-13,15,21H,14,16-17H2,1-2H3,(H,31,32)/t21-/m0/s1. The lowest BCUT2D eigenvalue weighted by atomic mass is 10.1. The van der Waals surface area contributed by atoms with Crippen LogP contribution in [-0.2, 0) is 11.2 Å². The van der Waals surface area contributed by atoms with Crippen LogP contribution in [0.2, 0.25) is 0 Å². The topological polar surface area (TPSA) is 81.0 Å². The number of rotatable bonds is 6. The highest BCUT2D eigenvalue weighted by Gasteiger charge is 2.24. The fourth-order valence-electron chi connectivity index (χ4n) is 4.57. The molecule has 178 valence electrons. The summed E-state index contributed by atoms with van der Waals surface area (Å²) in [5, 5.41) is 10.0. The predicted octanol–water partition coefficient (Wildman–Crippen LogP) is 4.54. The third-order valence-electron chi connectivity index (χ3n) is 6.25. The zero-order valence-corrected chi connectivity index (χ0v) is 19.6. The van der Waals surface area contributed by atoms with Crippen molar-refractivity contribution in [3.05, 3.63) is 89.6 Å². The van der Waals surface area contributed by atoms with E-state index in [1.54, 1.807) is 24.4 Å². The number of ether oxygens (including phenoxy) is 2. The molecule has 0 aliphatic carbocycles. The molecule has 0 bridgehead atoms. The molecule has 1 aromatic heterocycles. The molecule has 1 aliphatic rings. The fraction of sp³-hybridized carbons (Fsp3) is 0.214. The van der Waals surface area contributed by atoms with Crippen molar-refractivity contribution in [2.45, 2.75) is 19.4 Å². The van der Waals surface area contributed by atoms with Gasteiger partial charge in [-0.2, -0.15) is 0 Å². The molecule has 35 heavy (non-hydrogen) atoms. The highest BCUT2D eigenvalue weighted by Crippen LogP contribution is 2.32. The Kier molecular flexibility index (Phi) is 5.91. The van der Waals surface area contributed by atoms with Gasteiger partial charge in [-0.3, -0.25) is 14.2 Å². The zero-order valence-electron chi connectivity index (χ0n) is 19.6. The van der Waals surface area contributed by atoms with Gasteiger partial charge in [0.25, 0.3) is 5.91 Å². The maximum Gasteiger partial charge on any atom is 0.307 e. The Morgan fingerprint density at radius 1 is 1.09 bits per heavy atom. The van der Waals surface area contributed by atoms with Gasteiger partial charge in [0.2, 0.25) is 0 Å². The number of carbonyl (C=O) groups excluding carboxylic acids is 1. The number of nitrogens with zero attached hydrogens (tertiary/aromatic N) is 2. The summed E-state index contributed by atoms with van der Waals surface area (Å²) in [5.41, 5.74) is 3.69. The Morgan fingerprint density at radius 3 is 2.66 bits per heavy atom. The third-order valence-corrected chi connectivity index (χ3v) is 6.25. The molecule has 1 atom stereocenters. The summed E-state index contributed by atoms with van der Waals surface area (Å²) >= 11 is 0. The molecule has 2 heterocycles. The van der Waals surface area contributed by atoms with E-state index in [4.69, 9.17) is 9.47 Å². The highest BCUT2D eigenvalue weighted by molar-refractivity contribution is 6.03. The Bertz CT molecular complexity index is 1420. The lowest BCUT2D eigenvalue weighted by Crippen LogP contribution is -2.41. The number of carboxylic acid groups (broad SMARTS) is 1. The van der Waals surface area contributed by atoms with E-state index in [1.165, 1.54) is 4.57 Å². The maximum atomic E-state index is 13.3. The van der Waals surface area contributed by atoms with Gasteiger partial charge in [0.15, 0.2) is 0 Å². The summed E-state index contributed by atoms with van der Waals surface area (Å²) < 4.78 is 13.7. The van der Waals surface area contributed by atoms with E-state index in [2.05, 4.69) is 4.90 Å². The molecule has 0 unspecified atom stereocenters. The molecule has 7 nitrogen and oxygen atoms in total. The largest absolute Gasteiger partial charge is 0.489 e. The normalized spacial score (nSPS) is 14.9. The van der Waals surface area contributed by atoms with Gasteiger partial charge in [-0.1, -0.05) is 30.3 Å². The van der Waals surface area contributed by atoms with Crippen LogP contribution >= 0.6 is 0 Å². The summed E-state index contributed by atoms with van der Waals surface area (Å²) in [4.78, 5) is 26.8. The molecule has 1 aliphatic heterocycles. The molecule has 0 saturated carbocycles. The summed E-state index contributed by atoms with van der Waals surface area (Å²) in [5.74, 6) is 0.375. The van der Waals surface area contributed by atoms with Crippen molar-refractivity contribution in [3.63, 3.8) is 0 Å². The number of hydrogen-bond donors (Lipinski definition) is 1. The number of fused-ring (bicyclic) bond motifs is 2. The van der Waals surface area contributed by atoms with Crippen molar-refractivity contribution in [1.82, 2.24) is 4.57 Å². The lowest BCUT2D eigenvalue weighted by molar-refractivity contribution is -0.136. The minimum absolute atomic E-state index is 0.116. The Morgan fingerprint density at radius 2 is 1.86 bits per heavy atom. The molecule has 0 spiro atoms. The molecule has 3 aromatic carbocycles. The van der Waals surface area contributed by atoms with Crippen molar-refractivity contribution in [2.24, 2.45) is 0 Å². The lowest BCUT2D eigenvalue weighted by Gasteiger charge is -2.33. The van der Waals surface area contributed by atoms with Crippen molar-refractivity contribution in [1.29, 1.82) is 0 Å². The van der Waals surface area contributed by atoms with Crippen LogP contribution in [0, 0.1) is 6.92 Å². The van der Waals surface area contributed by atoms with Gasteiger partial charge < -0.3 is 19.5 Å². The van der Waals surface area contributed by atoms with Crippen molar-refractivity contribution >= 4 is 28.5 Å². The first kappa shape index (κ1) is 22.5. The summed E-state index contributed by atoms with van der Waals surface area (Å²) in [6.07, 6.45) is 1.36. The molecule has 4 aromatic rings. The molecule has 7 heteroatoms. The van der Waals surface area contributed by atoms with E-state index in [0.717, 1.165) is 22.4 Å². The van der Waals surface area contributed by atoms with Gasteiger partial charge >= 0.3 is 5.97 Å². The number of carboxylic acids is 1. The van der Waals surface area contributed by atoms with E-state index in [0.29, 0.717) is 35.5 Å². The van der Waals surface area contributed by atoms with Crippen molar-refractivity contribution < 1.29 is 24.2 Å². The van der Waals surface area contributed by atoms with Crippen LogP contribution in [0.5, 0.6) is 11.5 Å². The van der Waals surface area contributed by atoms with E-state index < -0.39 is 5.97 Å². The Balaban J connectivity index is 1.33. The van der Waals surface area contributed by atoms with E-state index >= 15 is 0 Å². The van der Waals surface area contributed by atoms with Crippen LogP contribution in [0.25, 0.3) is 10.9 Å². The number of hydrogen-bond acceptors (Lipinski definition) is 5. The molecule has 0 fully saturated rings. The average molecular weight is 471 g/mol. The summed E-state index contributed by atoms with van der Waals surface area (Å²) in [7, 11) is 2.03. The van der Waals surface area contributed by atoms with Crippen LogP contribution in [0.4, 0.5) is 5.69 Å². The highest BCUT2D eigenvalue weighted by atomic mass is 16.5. The van der Waals surface area contributed by atoms with Gasteiger partial charge in [-0.15, -0.1) is 0 Å². The monoisotopic (exact) mass is 470 g/mol. The number of benzene rings is 3. The van der Waals surface area contributed by atoms with E-state index in [-0.39, 0.29) is 18.4 Å². The molecular weight excluding hydrogens is 444 g/mol. The van der Waals surface area contributed by atoms with Crippen LogP contribution in [0.3, 0.4) is 0 Å². The first-order valence-corrected chi connectivity index (χ1v) is 11.5. The number of likely N-dealkylation sites (N-methyl/N-ethyl adjacent to an activating group) is 1. The predicted molar refractivity (Wildman–Crippen MR) is 134 cm³/mol.